The number of benzene rings is 2. The van der Waals surface area contributed by atoms with Crippen LogP contribution in [0.15, 0.2) is 42.5 Å². The first-order valence-electron chi connectivity index (χ1n) is 9.55. The molecule has 3 aromatic rings. The summed E-state index contributed by atoms with van der Waals surface area (Å²) in [4.78, 5) is 29.8. The number of amides is 2. The van der Waals surface area contributed by atoms with E-state index in [0.717, 1.165) is 22.2 Å². The molecule has 1 spiro atoms. The maximum atomic E-state index is 12.5. The number of carbonyl (C=O) groups excluding carboxylic acids is 2. The lowest BCUT2D eigenvalue weighted by atomic mass is 9.84. The molecule has 0 radical (unpaired) electrons. The molecule has 3 heterocycles. The normalized spacial score (nSPS) is 17.0. The quantitative estimate of drug-likeness (QED) is 0.670. The van der Waals surface area contributed by atoms with Crippen molar-refractivity contribution in [3.63, 3.8) is 0 Å². The Labute approximate surface area is 172 Å². The Hall–Kier alpha value is -2.99. The van der Waals surface area contributed by atoms with Crippen molar-refractivity contribution in [2.75, 3.05) is 13.1 Å². The number of carbonyl (C=O) groups is 2. The fourth-order valence-corrected chi connectivity index (χ4v) is 4.36. The van der Waals surface area contributed by atoms with Crippen molar-refractivity contribution in [2.24, 2.45) is 0 Å². The number of likely N-dealkylation sites (tertiary alicyclic amines) is 1. The van der Waals surface area contributed by atoms with Gasteiger partial charge in [-0.2, -0.15) is 0 Å². The fraction of sp³-hybridized carbons (Fsp3) is 0.273. The second-order valence-electron chi connectivity index (χ2n) is 7.84. The lowest BCUT2D eigenvalue weighted by Crippen LogP contribution is -2.69. The molecule has 5 rings (SSSR count). The third-order valence-electron chi connectivity index (χ3n) is 5.66. The summed E-state index contributed by atoms with van der Waals surface area (Å²) in [5, 5.41) is 4.59. The zero-order chi connectivity index (χ0) is 20.2. The second-order valence-corrected chi connectivity index (χ2v) is 8.22. The van der Waals surface area contributed by atoms with Crippen LogP contribution in [0.1, 0.15) is 28.0 Å². The van der Waals surface area contributed by atoms with Gasteiger partial charge in [-0.15, -0.1) is 0 Å². The molecule has 7 heteroatoms. The Kier molecular flexibility index (Phi) is 4.06. The number of para-hydroxylation sites is 1. The zero-order valence-corrected chi connectivity index (χ0v) is 16.7. The largest absolute Gasteiger partial charge is 0.482 e. The second kappa shape index (κ2) is 6.52. The lowest BCUT2D eigenvalue weighted by Gasteiger charge is -2.50. The molecule has 1 aromatic heterocycles. The van der Waals surface area contributed by atoms with E-state index in [2.05, 4.69) is 10.3 Å². The first kappa shape index (κ1) is 18.1. The van der Waals surface area contributed by atoms with Crippen LogP contribution in [0.25, 0.3) is 10.9 Å². The van der Waals surface area contributed by atoms with Gasteiger partial charge in [0.25, 0.3) is 0 Å². The first-order valence-corrected chi connectivity index (χ1v) is 9.93. The highest BCUT2D eigenvalue weighted by atomic mass is 35.5. The Morgan fingerprint density at radius 2 is 2.07 bits per heavy atom. The number of ether oxygens (including phenoxy) is 1. The molecule has 29 heavy (non-hydrogen) atoms. The third kappa shape index (κ3) is 3.04. The van der Waals surface area contributed by atoms with Crippen LogP contribution in [0.5, 0.6) is 5.75 Å². The predicted octanol–water partition coefficient (Wildman–Crippen LogP) is 4.06. The van der Waals surface area contributed by atoms with Crippen molar-refractivity contribution in [3.8, 4) is 5.75 Å². The number of aromatic nitrogens is 1. The van der Waals surface area contributed by atoms with E-state index in [0.29, 0.717) is 42.4 Å². The van der Waals surface area contributed by atoms with Crippen LogP contribution in [0.3, 0.4) is 0 Å². The number of fused-ring (bicyclic) bond motifs is 2. The summed E-state index contributed by atoms with van der Waals surface area (Å²) in [5.74, 6) is 0.676. The Bertz CT molecular complexity index is 1150. The van der Waals surface area contributed by atoms with Gasteiger partial charge in [0.1, 0.15) is 5.75 Å². The van der Waals surface area contributed by atoms with E-state index in [1.54, 1.807) is 17.0 Å². The van der Waals surface area contributed by atoms with Crippen molar-refractivity contribution in [1.29, 1.82) is 0 Å². The average molecular weight is 410 g/mol. The molecular weight excluding hydrogens is 390 g/mol. The van der Waals surface area contributed by atoms with Gasteiger partial charge in [-0.05, 0) is 36.8 Å². The van der Waals surface area contributed by atoms with Crippen LogP contribution < -0.4 is 10.1 Å². The van der Waals surface area contributed by atoms with Crippen LogP contribution in [-0.2, 0) is 6.54 Å². The number of hydrogen-bond acceptors (Lipinski definition) is 3. The number of ketones is 1. The van der Waals surface area contributed by atoms with Crippen molar-refractivity contribution < 1.29 is 14.3 Å². The van der Waals surface area contributed by atoms with E-state index in [-0.39, 0.29) is 11.8 Å². The van der Waals surface area contributed by atoms with Crippen molar-refractivity contribution >= 4 is 34.3 Å². The van der Waals surface area contributed by atoms with Crippen LogP contribution in [0.2, 0.25) is 5.02 Å². The molecule has 2 amide bonds. The summed E-state index contributed by atoms with van der Waals surface area (Å²) in [6.45, 7) is 3.14. The number of rotatable bonds is 2. The molecule has 148 valence electrons. The summed E-state index contributed by atoms with van der Waals surface area (Å²) < 4.78 is 6.07. The number of hydrogen-bond donors (Lipinski definition) is 2. The maximum Gasteiger partial charge on any atom is 0.317 e. The summed E-state index contributed by atoms with van der Waals surface area (Å²) in [6, 6.07) is 13.0. The standard InChI is InChI=1S/C22H20ClN3O3/c1-13-20(23)16-8-14(6-7-17(16)25-13)10-24-21(28)26-11-22(12-26)9-18(27)15-4-2-3-5-19(15)29-22/h2-8,25H,9-12H2,1H3,(H,24,28). The highest BCUT2D eigenvalue weighted by Gasteiger charge is 2.51. The van der Waals surface area contributed by atoms with E-state index < -0.39 is 5.60 Å². The summed E-state index contributed by atoms with van der Waals surface area (Å²) in [7, 11) is 0. The van der Waals surface area contributed by atoms with Gasteiger partial charge in [0.2, 0.25) is 0 Å². The maximum absolute atomic E-state index is 12.5. The minimum atomic E-state index is -0.599. The van der Waals surface area contributed by atoms with E-state index in [1.807, 2.05) is 37.3 Å². The van der Waals surface area contributed by atoms with Crippen LogP contribution in [-0.4, -0.2) is 40.4 Å². The number of Topliss-reactive ketones (excluding diaryl/α,β-unsaturated/α-hetero) is 1. The number of halogens is 1. The minimum absolute atomic E-state index is 0.0684. The number of nitrogens with zero attached hydrogens (tertiary/aromatic N) is 1. The smallest absolute Gasteiger partial charge is 0.317 e. The van der Waals surface area contributed by atoms with Crippen molar-refractivity contribution in [1.82, 2.24) is 15.2 Å². The number of H-pyrrole nitrogens is 1. The van der Waals surface area contributed by atoms with Gasteiger partial charge < -0.3 is 19.9 Å². The summed E-state index contributed by atoms with van der Waals surface area (Å²) in [6.07, 6.45) is 0.301. The van der Waals surface area contributed by atoms with E-state index in [4.69, 9.17) is 16.3 Å². The number of urea groups is 1. The van der Waals surface area contributed by atoms with Crippen LogP contribution >= 0.6 is 11.6 Å². The monoisotopic (exact) mass is 409 g/mol. The van der Waals surface area contributed by atoms with Crippen molar-refractivity contribution in [3.05, 3.63) is 64.3 Å². The fourth-order valence-electron chi connectivity index (χ4n) is 4.15. The van der Waals surface area contributed by atoms with Gasteiger partial charge in [-0.25, -0.2) is 4.79 Å². The van der Waals surface area contributed by atoms with Gasteiger partial charge in [0.15, 0.2) is 11.4 Å². The Morgan fingerprint density at radius 1 is 1.28 bits per heavy atom. The van der Waals surface area contributed by atoms with Crippen LogP contribution in [0.4, 0.5) is 4.79 Å². The molecule has 1 fully saturated rings. The molecule has 2 N–H and O–H groups in total. The van der Waals surface area contributed by atoms with Crippen molar-refractivity contribution in [2.45, 2.75) is 25.5 Å². The molecule has 0 atom stereocenters. The average Bonchev–Trinajstić information content (AvgIpc) is 2.98. The van der Waals surface area contributed by atoms with Gasteiger partial charge in [0.05, 0.1) is 30.1 Å². The molecule has 1 saturated heterocycles. The topological polar surface area (TPSA) is 74.4 Å². The SMILES string of the molecule is Cc1[nH]c2ccc(CNC(=O)N3CC4(CC(=O)c5ccccc5O4)C3)cc2c1Cl. The molecule has 2 aromatic carbocycles. The number of aryl methyl sites for hydroxylation is 1. The first-order chi connectivity index (χ1) is 13.9. The molecule has 0 saturated carbocycles. The molecular formula is C22H20ClN3O3. The lowest BCUT2D eigenvalue weighted by molar-refractivity contribution is -0.0596. The van der Waals surface area contributed by atoms with E-state index >= 15 is 0 Å². The minimum Gasteiger partial charge on any atom is -0.482 e. The van der Waals surface area contributed by atoms with Gasteiger partial charge >= 0.3 is 6.03 Å². The molecule has 2 aliphatic heterocycles. The van der Waals surface area contributed by atoms with E-state index in [9.17, 15) is 9.59 Å². The highest BCUT2D eigenvalue weighted by Crippen LogP contribution is 2.38. The summed E-state index contributed by atoms with van der Waals surface area (Å²) >= 11 is 6.32. The molecule has 0 aliphatic carbocycles. The van der Waals surface area contributed by atoms with Crippen LogP contribution in [0, 0.1) is 6.92 Å². The number of nitrogens with one attached hydrogen (secondary N) is 2. The highest BCUT2D eigenvalue weighted by molar-refractivity contribution is 6.36. The van der Waals surface area contributed by atoms with Gasteiger partial charge in [0, 0.05) is 23.1 Å². The summed E-state index contributed by atoms with van der Waals surface area (Å²) in [5.41, 5.74) is 2.90. The molecule has 6 nitrogen and oxygen atoms in total. The molecule has 2 aliphatic rings. The molecule has 0 bridgehead atoms. The third-order valence-corrected chi connectivity index (χ3v) is 6.14. The molecule has 0 unspecified atom stereocenters. The predicted molar refractivity (Wildman–Crippen MR) is 111 cm³/mol. The number of aromatic amines is 1. The van der Waals surface area contributed by atoms with Gasteiger partial charge in [-0.3, -0.25) is 4.79 Å². The van der Waals surface area contributed by atoms with E-state index in [1.165, 1.54) is 0 Å². The Morgan fingerprint density at radius 3 is 2.90 bits per heavy atom. The zero-order valence-electron chi connectivity index (χ0n) is 15.9. The Balaban J connectivity index is 1.22. The van der Waals surface area contributed by atoms with Gasteiger partial charge in [-0.1, -0.05) is 29.8 Å².